The Labute approximate surface area is 122 Å². The molecule has 0 aliphatic carbocycles. The minimum Gasteiger partial charge on any atom is -0.326 e. The molecule has 0 fully saturated rings. The number of hydrogen-bond donors (Lipinski definition) is 1. The molecule has 0 aliphatic rings. The van der Waals surface area contributed by atoms with E-state index in [4.69, 9.17) is 0 Å². The maximum Gasteiger partial charge on any atom is 0.0443 e. The van der Waals surface area contributed by atoms with Crippen LogP contribution in [-0.2, 0) is 0 Å². The van der Waals surface area contributed by atoms with E-state index < -0.39 is 0 Å². The van der Waals surface area contributed by atoms with Gasteiger partial charge in [0.2, 0.25) is 0 Å². The van der Waals surface area contributed by atoms with Gasteiger partial charge in [0.15, 0.2) is 0 Å². The quantitative estimate of drug-likeness (QED) is 0.672. The molecular formula is C17H25NS. The Morgan fingerprint density at radius 2 is 1.26 bits per heavy atom. The summed E-state index contributed by atoms with van der Waals surface area (Å²) >= 11 is 1.63. The van der Waals surface area contributed by atoms with Gasteiger partial charge in [0, 0.05) is 10.6 Å². The molecule has 104 valence electrons. The van der Waals surface area contributed by atoms with Crippen molar-refractivity contribution in [2.24, 2.45) is 0 Å². The zero-order valence-electron chi connectivity index (χ0n) is 12.6. The van der Waals surface area contributed by atoms with Crippen molar-refractivity contribution in [2.45, 2.75) is 39.5 Å². The van der Waals surface area contributed by atoms with E-state index in [1.807, 2.05) is 45.9 Å². The highest BCUT2D eigenvalue weighted by molar-refractivity contribution is 8.00. The van der Waals surface area contributed by atoms with E-state index in [1.165, 1.54) is 10.5 Å². The van der Waals surface area contributed by atoms with Gasteiger partial charge in [-0.25, -0.2) is 0 Å². The van der Waals surface area contributed by atoms with Gasteiger partial charge in [-0.15, -0.1) is 0 Å². The Morgan fingerprint density at radius 3 is 1.79 bits per heavy atom. The number of rotatable bonds is 3. The van der Waals surface area contributed by atoms with Crippen LogP contribution in [0.3, 0.4) is 0 Å². The topological polar surface area (TPSA) is 12.0 Å². The fourth-order valence-electron chi connectivity index (χ4n) is 1.23. The molecule has 0 aromatic heterocycles. The predicted molar refractivity (Wildman–Crippen MR) is 89.8 cm³/mol. The van der Waals surface area contributed by atoms with Crippen molar-refractivity contribution in [3.05, 3.63) is 60.2 Å². The van der Waals surface area contributed by atoms with Gasteiger partial charge in [-0.2, -0.15) is 0 Å². The van der Waals surface area contributed by atoms with Crippen molar-refractivity contribution in [3.8, 4) is 0 Å². The fourth-order valence-corrected chi connectivity index (χ4v) is 1.87. The summed E-state index contributed by atoms with van der Waals surface area (Å²) in [5.41, 5.74) is 2.42. The smallest absolute Gasteiger partial charge is 0.0443 e. The van der Waals surface area contributed by atoms with E-state index in [0.29, 0.717) is 0 Å². The average molecular weight is 275 g/mol. The second kappa shape index (κ2) is 11.7. The Hall–Kier alpha value is -1.41. The van der Waals surface area contributed by atoms with Crippen molar-refractivity contribution in [1.29, 1.82) is 0 Å². The Kier molecular flexibility index (Phi) is 10.8. The van der Waals surface area contributed by atoms with Gasteiger partial charge in [-0.05, 0) is 43.1 Å². The first-order valence-electron chi connectivity index (χ1n) is 6.89. The molecule has 0 radical (unpaired) electrons. The number of hydrogen-bond acceptors (Lipinski definition) is 2. The zero-order valence-corrected chi connectivity index (χ0v) is 13.4. The monoisotopic (exact) mass is 275 g/mol. The lowest BCUT2D eigenvalue weighted by molar-refractivity contribution is 1.38. The largest absolute Gasteiger partial charge is 0.326 e. The van der Waals surface area contributed by atoms with Crippen LogP contribution >= 0.6 is 11.9 Å². The third kappa shape index (κ3) is 7.58. The van der Waals surface area contributed by atoms with Crippen LogP contribution in [0.2, 0.25) is 0 Å². The lowest BCUT2D eigenvalue weighted by Gasteiger charge is -2.04. The first-order valence-corrected chi connectivity index (χ1v) is 7.71. The highest BCUT2D eigenvalue weighted by Crippen LogP contribution is 2.20. The van der Waals surface area contributed by atoms with Crippen LogP contribution in [0.5, 0.6) is 0 Å². The lowest BCUT2D eigenvalue weighted by atomic mass is 10.2. The molecule has 0 aliphatic heterocycles. The Morgan fingerprint density at radius 1 is 0.737 bits per heavy atom. The molecule has 0 unspecified atom stereocenters. The fraction of sp³-hybridized carbons (Fsp3) is 0.294. The van der Waals surface area contributed by atoms with E-state index in [9.17, 15) is 0 Å². The van der Waals surface area contributed by atoms with Gasteiger partial charge in [0.25, 0.3) is 0 Å². The Balaban J connectivity index is 0.000000741. The minimum atomic E-state index is 1.13. The second-order valence-corrected chi connectivity index (χ2v) is 4.26. The summed E-state index contributed by atoms with van der Waals surface area (Å²) in [4.78, 5) is 1.23. The van der Waals surface area contributed by atoms with Gasteiger partial charge < -0.3 is 4.72 Å². The molecule has 2 aromatic carbocycles. The first kappa shape index (κ1) is 17.6. The van der Waals surface area contributed by atoms with E-state index in [2.05, 4.69) is 48.0 Å². The van der Waals surface area contributed by atoms with E-state index in [0.717, 1.165) is 5.69 Å². The number of benzene rings is 2. The summed E-state index contributed by atoms with van der Waals surface area (Å²) in [5, 5.41) is 0. The standard InChI is InChI=1S/C13H13NS.2C2H6/c1-11-7-9-13(10-8-11)15-14-12-5-3-2-4-6-12;2*1-2/h2-10,14H,1H3;2*1-2H3. The van der Waals surface area contributed by atoms with Crippen LogP contribution in [0.15, 0.2) is 59.5 Å². The summed E-state index contributed by atoms with van der Waals surface area (Å²) in [5.74, 6) is 0. The molecule has 1 nitrogen and oxygen atoms in total. The first-order chi connectivity index (χ1) is 9.34. The number of para-hydroxylation sites is 1. The lowest BCUT2D eigenvalue weighted by Crippen LogP contribution is -1.85. The molecule has 0 saturated heterocycles. The molecule has 2 rings (SSSR count). The van der Waals surface area contributed by atoms with Crippen LogP contribution < -0.4 is 4.72 Å². The van der Waals surface area contributed by atoms with Gasteiger partial charge in [0.1, 0.15) is 0 Å². The third-order valence-electron chi connectivity index (χ3n) is 2.08. The van der Waals surface area contributed by atoms with E-state index >= 15 is 0 Å². The number of anilines is 1. The van der Waals surface area contributed by atoms with Crippen molar-refractivity contribution in [2.75, 3.05) is 4.72 Å². The summed E-state index contributed by atoms with van der Waals surface area (Å²) in [6.07, 6.45) is 0. The van der Waals surface area contributed by atoms with Gasteiger partial charge in [0.05, 0.1) is 0 Å². The maximum atomic E-state index is 3.30. The van der Waals surface area contributed by atoms with Gasteiger partial charge in [-0.1, -0.05) is 63.6 Å². The molecule has 19 heavy (non-hydrogen) atoms. The van der Waals surface area contributed by atoms with Crippen molar-refractivity contribution < 1.29 is 0 Å². The van der Waals surface area contributed by atoms with Gasteiger partial charge in [-0.3, -0.25) is 0 Å². The summed E-state index contributed by atoms with van der Waals surface area (Å²) in [7, 11) is 0. The van der Waals surface area contributed by atoms with Crippen LogP contribution in [0, 0.1) is 6.92 Å². The second-order valence-electron chi connectivity index (χ2n) is 3.38. The summed E-state index contributed by atoms with van der Waals surface area (Å²) in [6.45, 7) is 10.1. The van der Waals surface area contributed by atoms with Crippen molar-refractivity contribution in [1.82, 2.24) is 0 Å². The predicted octanol–water partition coefficient (Wildman–Crippen LogP) is 6.17. The summed E-state index contributed by atoms with van der Waals surface area (Å²) < 4.78 is 3.30. The number of aryl methyl sites for hydroxylation is 1. The van der Waals surface area contributed by atoms with E-state index in [1.54, 1.807) is 11.9 Å². The van der Waals surface area contributed by atoms with E-state index in [-0.39, 0.29) is 0 Å². The summed E-state index contributed by atoms with van der Waals surface area (Å²) in [6, 6.07) is 18.7. The highest BCUT2D eigenvalue weighted by Gasteiger charge is 1.93. The molecule has 0 saturated carbocycles. The molecule has 0 amide bonds. The molecule has 0 heterocycles. The van der Waals surface area contributed by atoms with Crippen molar-refractivity contribution >= 4 is 17.6 Å². The third-order valence-corrected chi connectivity index (χ3v) is 2.93. The molecular weight excluding hydrogens is 250 g/mol. The normalized spacial score (nSPS) is 8.47. The number of nitrogens with one attached hydrogen (secondary N) is 1. The maximum absolute atomic E-state index is 3.30. The Bertz CT molecular complexity index is 409. The highest BCUT2D eigenvalue weighted by atomic mass is 32.2. The minimum absolute atomic E-state index is 1.13. The van der Waals surface area contributed by atoms with Gasteiger partial charge >= 0.3 is 0 Å². The van der Waals surface area contributed by atoms with Crippen LogP contribution in [0.1, 0.15) is 33.3 Å². The molecule has 2 heteroatoms. The SMILES string of the molecule is CC.CC.Cc1ccc(SNc2ccccc2)cc1. The van der Waals surface area contributed by atoms with Crippen LogP contribution in [-0.4, -0.2) is 0 Å². The van der Waals surface area contributed by atoms with Crippen LogP contribution in [0.4, 0.5) is 5.69 Å². The molecule has 1 N–H and O–H groups in total. The molecule has 0 atom stereocenters. The molecule has 0 bridgehead atoms. The molecule has 2 aromatic rings. The zero-order chi connectivity index (χ0) is 14.5. The van der Waals surface area contributed by atoms with Crippen LogP contribution in [0.25, 0.3) is 0 Å². The molecule has 0 spiro atoms. The van der Waals surface area contributed by atoms with Crippen molar-refractivity contribution in [3.63, 3.8) is 0 Å². The average Bonchev–Trinajstić information content (AvgIpc) is 2.52.